The molecule has 0 atom stereocenters. The monoisotopic (exact) mass is 355 g/mol. The normalized spacial score (nSPS) is 11.8. The van der Waals surface area contributed by atoms with E-state index in [9.17, 15) is 8.78 Å². The van der Waals surface area contributed by atoms with Crippen molar-refractivity contribution in [3.05, 3.63) is 27.2 Å². The van der Waals surface area contributed by atoms with Gasteiger partial charge in [-0.2, -0.15) is 13.9 Å². The van der Waals surface area contributed by atoms with E-state index in [1.165, 1.54) is 19.2 Å². The Labute approximate surface area is 134 Å². The molecular weight excluding hydrogens is 347 g/mol. The molecule has 0 amide bonds. The lowest BCUT2D eigenvalue weighted by Crippen LogP contribution is -2.20. The van der Waals surface area contributed by atoms with Gasteiger partial charge < -0.3 is 10.5 Å². The Kier molecular flexibility index (Phi) is 4.24. The first-order chi connectivity index (χ1) is 9.60. The minimum Gasteiger partial charge on any atom is -0.413 e. The third-order valence-electron chi connectivity index (χ3n) is 2.56. The van der Waals surface area contributed by atoms with Gasteiger partial charge in [-0.1, -0.05) is 34.8 Å². The van der Waals surface area contributed by atoms with E-state index in [4.69, 9.17) is 40.5 Å². The maximum absolute atomic E-state index is 13.0. The first kappa shape index (κ1) is 16.1. The van der Waals surface area contributed by atoms with Gasteiger partial charge in [0.25, 0.3) is 0 Å². The second-order valence-electron chi connectivity index (χ2n) is 4.35. The average molecular weight is 357 g/mol. The SMILES string of the molecule is Cn1nc(-c2cc(N)c(Cl)cc2Cl)c(Cl)c1OC(C)(F)F. The van der Waals surface area contributed by atoms with Gasteiger partial charge in [-0.15, -0.1) is 0 Å². The third kappa shape index (κ3) is 3.33. The van der Waals surface area contributed by atoms with E-state index < -0.39 is 6.11 Å². The topological polar surface area (TPSA) is 53.1 Å². The van der Waals surface area contributed by atoms with Gasteiger partial charge in [0.2, 0.25) is 5.88 Å². The zero-order valence-corrected chi connectivity index (χ0v) is 13.2. The van der Waals surface area contributed by atoms with E-state index in [-0.39, 0.29) is 32.3 Å². The van der Waals surface area contributed by atoms with Gasteiger partial charge >= 0.3 is 6.11 Å². The number of aromatic nitrogens is 2. The maximum atomic E-state index is 13.0. The second-order valence-corrected chi connectivity index (χ2v) is 5.55. The van der Waals surface area contributed by atoms with Crippen LogP contribution in [0, 0.1) is 0 Å². The number of aryl methyl sites for hydroxylation is 1. The summed E-state index contributed by atoms with van der Waals surface area (Å²) in [6.45, 7) is 0.600. The van der Waals surface area contributed by atoms with Gasteiger partial charge in [0.1, 0.15) is 10.7 Å². The second kappa shape index (κ2) is 5.51. The molecule has 2 rings (SSSR count). The van der Waals surface area contributed by atoms with Crippen LogP contribution in [0.1, 0.15) is 6.92 Å². The molecule has 1 aromatic heterocycles. The predicted octanol–water partition coefficient (Wildman–Crippen LogP) is 4.62. The molecule has 9 heteroatoms. The summed E-state index contributed by atoms with van der Waals surface area (Å²) in [6.07, 6.45) is -3.39. The van der Waals surface area contributed by atoms with Gasteiger partial charge in [0, 0.05) is 19.5 Å². The number of anilines is 1. The standard InChI is InChI=1S/C12H10Cl3F2N3O/c1-12(16,17)21-11-9(15)10(19-20(11)2)5-3-8(18)7(14)4-6(5)13/h3-4H,18H2,1-2H3. The zero-order valence-electron chi connectivity index (χ0n) is 10.9. The number of nitrogens with two attached hydrogens (primary N) is 1. The fraction of sp³-hybridized carbons (Fsp3) is 0.250. The average Bonchev–Trinajstić information content (AvgIpc) is 2.60. The largest absolute Gasteiger partial charge is 0.413 e. The van der Waals surface area contributed by atoms with Crippen LogP contribution in [-0.2, 0) is 7.05 Å². The summed E-state index contributed by atoms with van der Waals surface area (Å²) in [5, 5.41) is 4.46. The summed E-state index contributed by atoms with van der Waals surface area (Å²) in [4.78, 5) is 0. The number of hydrogen-bond donors (Lipinski definition) is 1. The number of benzene rings is 1. The molecule has 21 heavy (non-hydrogen) atoms. The van der Waals surface area contributed by atoms with E-state index in [1.54, 1.807) is 0 Å². The van der Waals surface area contributed by atoms with Gasteiger partial charge in [0.05, 0.1) is 15.7 Å². The summed E-state index contributed by atoms with van der Waals surface area (Å²) < 4.78 is 31.6. The van der Waals surface area contributed by atoms with E-state index in [2.05, 4.69) is 9.84 Å². The van der Waals surface area contributed by atoms with Crippen LogP contribution in [0.4, 0.5) is 14.5 Å². The Morgan fingerprint density at radius 1 is 1.24 bits per heavy atom. The molecule has 2 N–H and O–H groups in total. The minimum atomic E-state index is -3.39. The Morgan fingerprint density at radius 2 is 1.86 bits per heavy atom. The highest BCUT2D eigenvalue weighted by Crippen LogP contribution is 2.41. The van der Waals surface area contributed by atoms with Crippen LogP contribution in [0.3, 0.4) is 0 Å². The number of nitrogens with zero attached hydrogens (tertiary/aromatic N) is 2. The van der Waals surface area contributed by atoms with Crippen LogP contribution in [0.2, 0.25) is 15.1 Å². The molecule has 0 spiro atoms. The summed E-state index contributed by atoms with van der Waals surface area (Å²) >= 11 is 18.0. The minimum absolute atomic E-state index is 0.0948. The lowest BCUT2D eigenvalue weighted by molar-refractivity contribution is -0.162. The highest BCUT2D eigenvalue weighted by Gasteiger charge is 2.29. The molecule has 2 aromatic rings. The first-order valence-corrected chi connectivity index (χ1v) is 6.77. The van der Waals surface area contributed by atoms with Crippen LogP contribution >= 0.6 is 34.8 Å². The van der Waals surface area contributed by atoms with Crippen molar-refractivity contribution in [2.75, 3.05) is 5.73 Å². The van der Waals surface area contributed by atoms with Crippen molar-refractivity contribution in [2.45, 2.75) is 13.0 Å². The Balaban J connectivity index is 2.57. The summed E-state index contributed by atoms with van der Waals surface area (Å²) in [5.74, 6) is -0.274. The summed E-state index contributed by atoms with van der Waals surface area (Å²) in [5.41, 5.74) is 6.51. The molecule has 0 fully saturated rings. The van der Waals surface area contributed by atoms with Crippen LogP contribution in [-0.4, -0.2) is 15.9 Å². The molecule has 1 heterocycles. The number of alkyl halides is 2. The summed E-state index contributed by atoms with van der Waals surface area (Å²) in [6, 6.07) is 2.89. The van der Waals surface area contributed by atoms with Gasteiger partial charge in [0.15, 0.2) is 0 Å². The Bertz CT molecular complexity index is 698. The highest BCUT2D eigenvalue weighted by atomic mass is 35.5. The molecule has 114 valence electrons. The molecular formula is C12H10Cl3F2N3O. The molecule has 0 unspecified atom stereocenters. The van der Waals surface area contributed by atoms with E-state index in [0.29, 0.717) is 12.5 Å². The van der Waals surface area contributed by atoms with Crippen molar-refractivity contribution < 1.29 is 13.5 Å². The van der Waals surface area contributed by atoms with E-state index in [0.717, 1.165) is 4.68 Å². The fourth-order valence-electron chi connectivity index (χ4n) is 1.68. The summed E-state index contributed by atoms with van der Waals surface area (Å²) in [7, 11) is 1.42. The maximum Gasteiger partial charge on any atom is 0.396 e. The van der Waals surface area contributed by atoms with Gasteiger partial charge in [-0.05, 0) is 12.1 Å². The number of rotatable bonds is 3. The van der Waals surface area contributed by atoms with E-state index >= 15 is 0 Å². The highest BCUT2D eigenvalue weighted by molar-refractivity contribution is 6.39. The third-order valence-corrected chi connectivity index (χ3v) is 3.54. The molecule has 0 bridgehead atoms. The quantitative estimate of drug-likeness (QED) is 0.816. The van der Waals surface area contributed by atoms with Crippen molar-refractivity contribution in [1.82, 2.24) is 9.78 Å². The van der Waals surface area contributed by atoms with Crippen molar-refractivity contribution in [3.63, 3.8) is 0 Å². The van der Waals surface area contributed by atoms with Crippen LogP contribution in [0.5, 0.6) is 5.88 Å². The van der Waals surface area contributed by atoms with Crippen LogP contribution in [0.15, 0.2) is 12.1 Å². The molecule has 0 aliphatic rings. The predicted molar refractivity (Wildman–Crippen MR) is 79.3 cm³/mol. The first-order valence-electron chi connectivity index (χ1n) is 5.64. The number of halogens is 5. The Morgan fingerprint density at radius 3 is 2.43 bits per heavy atom. The fourth-order valence-corrected chi connectivity index (χ4v) is 2.46. The number of nitrogen functional groups attached to an aromatic ring is 1. The molecule has 1 aromatic carbocycles. The van der Waals surface area contributed by atoms with Gasteiger partial charge in [-0.3, -0.25) is 0 Å². The molecule has 0 saturated heterocycles. The van der Waals surface area contributed by atoms with Crippen LogP contribution < -0.4 is 10.5 Å². The van der Waals surface area contributed by atoms with Gasteiger partial charge in [-0.25, -0.2) is 4.68 Å². The number of ether oxygens (including phenoxy) is 1. The lowest BCUT2D eigenvalue weighted by atomic mass is 10.1. The molecule has 4 nitrogen and oxygen atoms in total. The lowest BCUT2D eigenvalue weighted by Gasteiger charge is -2.12. The Hall–Kier alpha value is -1.24. The van der Waals surface area contributed by atoms with Crippen molar-refractivity contribution in [2.24, 2.45) is 7.05 Å². The van der Waals surface area contributed by atoms with Crippen molar-refractivity contribution in [1.29, 1.82) is 0 Å². The molecule has 0 radical (unpaired) electrons. The van der Waals surface area contributed by atoms with Crippen molar-refractivity contribution in [3.8, 4) is 17.1 Å². The van der Waals surface area contributed by atoms with E-state index in [1.807, 2.05) is 0 Å². The molecule has 0 aliphatic heterocycles. The molecule has 0 aliphatic carbocycles. The van der Waals surface area contributed by atoms with Crippen LogP contribution in [0.25, 0.3) is 11.3 Å². The smallest absolute Gasteiger partial charge is 0.396 e. The number of hydrogen-bond acceptors (Lipinski definition) is 3. The van der Waals surface area contributed by atoms with Crippen molar-refractivity contribution >= 4 is 40.5 Å². The zero-order chi connectivity index (χ0) is 15.9. The molecule has 0 saturated carbocycles.